The molecule has 0 aromatic heterocycles. The van der Waals surface area contributed by atoms with Gasteiger partial charge in [0.2, 0.25) is 0 Å². The Morgan fingerprint density at radius 3 is 1.50 bits per heavy atom. The van der Waals surface area contributed by atoms with E-state index in [1.807, 2.05) is 0 Å². The summed E-state index contributed by atoms with van der Waals surface area (Å²) in [5.41, 5.74) is 0. The van der Waals surface area contributed by atoms with Crippen molar-refractivity contribution in [2.24, 2.45) is 0 Å². The lowest BCUT2D eigenvalue weighted by Crippen LogP contribution is -2.58. The van der Waals surface area contributed by atoms with E-state index in [9.17, 15) is 35.1 Å². The standard InChI is InChI=1S/C5H4F8O/c1-14-5(12,13)4(10,11)3(8,9)2(6)7/h2H,1H3. The van der Waals surface area contributed by atoms with Crippen LogP contribution < -0.4 is 0 Å². The predicted octanol–water partition coefficient (Wildman–Crippen LogP) is 2.76. The average molecular weight is 232 g/mol. The second-order valence-electron chi connectivity index (χ2n) is 2.22. The molecule has 0 aromatic carbocycles. The first-order valence-corrected chi connectivity index (χ1v) is 2.97. The van der Waals surface area contributed by atoms with Crippen molar-refractivity contribution >= 4 is 0 Å². The fraction of sp³-hybridized carbons (Fsp3) is 1.00. The van der Waals surface area contributed by atoms with Crippen LogP contribution in [0.1, 0.15) is 0 Å². The first kappa shape index (κ1) is 13.4. The molecule has 14 heavy (non-hydrogen) atoms. The number of ether oxygens (including phenoxy) is 1. The van der Waals surface area contributed by atoms with Gasteiger partial charge in [-0.15, -0.1) is 0 Å². The highest BCUT2D eigenvalue weighted by Crippen LogP contribution is 2.48. The second kappa shape index (κ2) is 3.52. The Kier molecular flexibility index (Phi) is 3.37. The van der Waals surface area contributed by atoms with Crippen LogP contribution in [0.3, 0.4) is 0 Å². The van der Waals surface area contributed by atoms with E-state index in [-0.39, 0.29) is 7.11 Å². The summed E-state index contributed by atoms with van der Waals surface area (Å²) in [6.07, 6.45) is -10.6. The molecule has 0 saturated heterocycles. The van der Waals surface area contributed by atoms with Crippen LogP contribution in [0.5, 0.6) is 0 Å². The van der Waals surface area contributed by atoms with Crippen LogP contribution in [0.25, 0.3) is 0 Å². The van der Waals surface area contributed by atoms with E-state index in [0.29, 0.717) is 0 Å². The monoisotopic (exact) mass is 232 g/mol. The Morgan fingerprint density at radius 1 is 0.929 bits per heavy atom. The number of hydrogen-bond donors (Lipinski definition) is 0. The topological polar surface area (TPSA) is 9.23 Å². The maximum absolute atomic E-state index is 12.1. The normalized spacial score (nSPS) is 15.0. The van der Waals surface area contributed by atoms with E-state index in [2.05, 4.69) is 4.74 Å². The number of alkyl halides is 8. The van der Waals surface area contributed by atoms with E-state index >= 15 is 0 Å². The number of halogens is 8. The molecule has 0 atom stereocenters. The molecule has 0 bridgehead atoms. The summed E-state index contributed by atoms with van der Waals surface area (Å²) in [5, 5.41) is 0. The van der Waals surface area contributed by atoms with Gasteiger partial charge in [0.1, 0.15) is 0 Å². The minimum Gasteiger partial charge on any atom is -0.319 e. The molecule has 0 spiro atoms. The number of methoxy groups -OCH3 is 1. The SMILES string of the molecule is COC(F)(F)C(F)(F)C(F)(F)C(F)F. The van der Waals surface area contributed by atoms with Crippen molar-refractivity contribution in [3.8, 4) is 0 Å². The van der Waals surface area contributed by atoms with Crippen molar-refractivity contribution in [3.05, 3.63) is 0 Å². The third-order valence-electron chi connectivity index (χ3n) is 1.31. The van der Waals surface area contributed by atoms with Crippen molar-refractivity contribution in [1.29, 1.82) is 0 Å². The zero-order valence-electron chi connectivity index (χ0n) is 6.51. The van der Waals surface area contributed by atoms with E-state index < -0.39 is 24.4 Å². The molecule has 0 saturated carbocycles. The first-order chi connectivity index (χ1) is 6.00. The average Bonchev–Trinajstić information content (AvgIpc) is 2.03. The minimum absolute atomic E-state index is 0.00450. The quantitative estimate of drug-likeness (QED) is 0.677. The zero-order chi connectivity index (χ0) is 11.8. The Balaban J connectivity index is 5.14. The lowest BCUT2D eigenvalue weighted by Gasteiger charge is -2.30. The van der Waals surface area contributed by atoms with Gasteiger partial charge in [-0.2, -0.15) is 26.3 Å². The van der Waals surface area contributed by atoms with Crippen LogP contribution in [0.15, 0.2) is 0 Å². The van der Waals surface area contributed by atoms with Gasteiger partial charge in [0.05, 0.1) is 0 Å². The Hall–Kier alpha value is -0.600. The Bertz CT molecular complexity index is 200. The smallest absolute Gasteiger partial charge is 0.319 e. The van der Waals surface area contributed by atoms with Gasteiger partial charge < -0.3 is 4.74 Å². The molecule has 0 aliphatic heterocycles. The van der Waals surface area contributed by atoms with Gasteiger partial charge in [0, 0.05) is 7.11 Å². The molecule has 0 rings (SSSR count). The van der Waals surface area contributed by atoms with Crippen LogP contribution in [-0.2, 0) is 4.74 Å². The summed E-state index contributed by atoms with van der Waals surface area (Å²) in [5.74, 6) is -12.4. The van der Waals surface area contributed by atoms with Gasteiger partial charge in [-0.25, -0.2) is 8.78 Å². The van der Waals surface area contributed by atoms with Crippen LogP contribution in [0, 0.1) is 0 Å². The van der Waals surface area contributed by atoms with E-state index in [4.69, 9.17) is 0 Å². The highest BCUT2D eigenvalue weighted by atomic mass is 19.4. The molecular weight excluding hydrogens is 228 g/mol. The van der Waals surface area contributed by atoms with Crippen molar-refractivity contribution in [1.82, 2.24) is 0 Å². The zero-order valence-corrected chi connectivity index (χ0v) is 6.51. The molecule has 86 valence electrons. The van der Waals surface area contributed by atoms with Crippen LogP contribution >= 0.6 is 0 Å². The first-order valence-electron chi connectivity index (χ1n) is 2.97. The molecule has 0 fully saturated rings. The van der Waals surface area contributed by atoms with Gasteiger partial charge in [-0.05, 0) is 0 Å². The summed E-state index contributed by atoms with van der Waals surface area (Å²) in [4.78, 5) is 0. The third-order valence-corrected chi connectivity index (χ3v) is 1.31. The molecule has 0 aliphatic carbocycles. The summed E-state index contributed by atoms with van der Waals surface area (Å²) < 4.78 is 97.6. The van der Waals surface area contributed by atoms with E-state index in [1.54, 1.807) is 0 Å². The summed E-state index contributed by atoms with van der Waals surface area (Å²) in [6, 6.07) is 0. The van der Waals surface area contributed by atoms with E-state index in [0.717, 1.165) is 0 Å². The summed E-state index contributed by atoms with van der Waals surface area (Å²) in [7, 11) is -0.00450. The predicted molar refractivity (Wildman–Crippen MR) is 27.9 cm³/mol. The van der Waals surface area contributed by atoms with Crippen LogP contribution in [-0.4, -0.2) is 31.5 Å². The number of rotatable bonds is 4. The van der Waals surface area contributed by atoms with Crippen molar-refractivity contribution in [2.45, 2.75) is 24.4 Å². The molecule has 0 aromatic rings. The van der Waals surface area contributed by atoms with Gasteiger partial charge in [-0.3, -0.25) is 0 Å². The molecule has 0 heterocycles. The summed E-state index contributed by atoms with van der Waals surface area (Å²) in [6.45, 7) is 0. The molecular formula is C5H4F8O. The van der Waals surface area contributed by atoms with Gasteiger partial charge >= 0.3 is 24.4 Å². The van der Waals surface area contributed by atoms with Crippen LogP contribution in [0.4, 0.5) is 35.1 Å². The largest absolute Gasteiger partial charge is 0.425 e. The molecule has 1 nitrogen and oxygen atoms in total. The van der Waals surface area contributed by atoms with Gasteiger partial charge in [-0.1, -0.05) is 0 Å². The Labute approximate surface area is 72.6 Å². The minimum atomic E-state index is -6.27. The molecule has 0 unspecified atom stereocenters. The third kappa shape index (κ3) is 1.77. The molecule has 0 aliphatic rings. The van der Waals surface area contributed by atoms with Crippen molar-refractivity contribution in [3.63, 3.8) is 0 Å². The fourth-order valence-corrected chi connectivity index (χ4v) is 0.459. The number of hydrogen-bond acceptors (Lipinski definition) is 1. The Morgan fingerprint density at radius 2 is 1.29 bits per heavy atom. The molecule has 9 heteroatoms. The maximum atomic E-state index is 12.1. The van der Waals surface area contributed by atoms with Gasteiger partial charge in [0.25, 0.3) is 0 Å². The van der Waals surface area contributed by atoms with Gasteiger partial charge in [0.15, 0.2) is 0 Å². The summed E-state index contributed by atoms with van der Waals surface area (Å²) >= 11 is 0. The van der Waals surface area contributed by atoms with Crippen molar-refractivity contribution in [2.75, 3.05) is 7.11 Å². The highest BCUT2D eigenvalue weighted by molar-refractivity contribution is 4.93. The molecule has 0 radical (unpaired) electrons. The molecule has 0 amide bonds. The lowest BCUT2D eigenvalue weighted by molar-refractivity contribution is -0.406. The van der Waals surface area contributed by atoms with Crippen LogP contribution in [0.2, 0.25) is 0 Å². The lowest BCUT2D eigenvalue weighted by atomic mass is 10.1. The highest BCUT2D eigenvalue weighted by Gasteiger charge is 2.76. The molecule has 0 N–H and O–H groups in total. The maximum Gasteiger partial charge on any atom is 0.425 e. The second-order valence-corrected chi connectivity index (χ2v) is 2.22. The van der Waals surface area contributed by atoms with Crippen molar-refractivity contribution < 1.29 is 39.9 Å². The fourth-order valence-electron chi connectivity index (χ4n) is 0.459. The van der Waals surface area contributed by atoms with E-state index in [1.165, 1.54) is 0 Å².